The van der Waals surface area contributed by atoms with Crippen LogP contribution in [-0.4, -0.2) is 48.8 Å². The number of rotatable bonds is 4. The minimum atomic E-state index is -0.301. The number of amides is 1. The van der Waals surface area contributed by atoms with Crippen LogP contribution >= 0.6 is 0 Å². The molecule has 2 saturated heterocycles. The number of hydrazine groups is 1. The van der Waals surface area contributed by atoms with E-state index >= 15 is 0 Å². The van der Waals surface area contributed by atoms with Crippen LogP contribution in [0.1, 0.15) is 48.5 Å². The first kappa shape index (κ1) is 20.1. The molecular formula is C22H31N5O2. The zero-order valence-electron chi connectivity index (χ0n) is 17.3. The molecule has 29 heavy (non-hydrogen) atoms. The summed E-state index contributed by atoms with van der Waals surface area (Å²) in [6, 6.07) is 8.54. The van der Waals surface area contributed by atoms with Gasteiger partial charge in [0.15, 0.2) is 0 Å². The number of aromatic nitrogens is 1. The van der Waals surface area contributed by atoms with Crippen molar-refractivity contribution in [2.45, 2.75) is 51.1 Å². The third-order valence-electron chi connectivity index (χ3n) is 6.27. The smallest absolute Gasteiger partial charge is 0.268 e. The first-order valence-corrected chi connectivity index (χ1v) is 10.5. The highest BCUT2D eigenvalue weighted by atomic mass is 16.5. The van der Waals surface area contributed by atoms with E-state index in [9.17, 15) is 4.79 Å². The fraction of sp³-hybridized carbons (Fsp3) is 0.545. The van der Waals surface area contributed by atoms with Crippen molar-refractivity contribution in [3.63, 3.8) is 0 Å². The van der Waals surface area contributed by atoms with Gasteiger partial charge in [0.2, 0.25) is 0 Å². The maximum atomic E-state index is 12.5. The Morgan fingerprint density at radius 3 is 2.66 bits per heavy atom. The summed E-state index contributed by atoms with van der Waals surface area (Å²) < 4.78 is 5.48. The summed E-state index contributed by atoms with van der Waals surface area (Å²) >= 11 is 0. The molecule has 7 nitrogen and oxygen atoms in total. The van der Waals surface area contributed by atoms with Crippen molar-refractivity contribution < 1.29 is 9.53 Å². The van der Waals surface area contributed by atoms with Gasteiger partial charge in [0.05, 0.1) is 11.1 Å². The van der Waals surface area contributed by atoms with Crippen molar-refractivity contribution >= 4 is 22.6 Å². The van der Waals surface area contributed by atoms with Gasteiger partial charge in [-0.25, -0.2) is 10.8 Å². The molecule has 1 aromatic carbocycles. The quantitative estimate of drug-likeness (QED) is 0.416. The minimum Gasteiger partial charge on any atom is -0.381 e. The molecule has 2 fully saturated rings. The maximum absolute atomic E-state index is 12.5. The second kappa shape index (κ2) is 8.26. The second-order valence-electron chi connectivity index (χ2n) is 8.61. The Hall–Kier alpha value is -2.22. The van der Waals surface area contributed by atoms with Crippen molar-refractivity contribution in [2.24, 2.45) is 5.84 Å². The van der Waals surface area contributed by atoms with Gasteiger partial charge in [-0.3, -0.25) is 10.2 Å². The lowest BCUT2D eigenvalue weighted by molar-refractivity contribution is 0.0662. The molecule has 0 atom stereocenters. The predicted molar refractivity (Wildman–Crippen MR) is 115 cm³/mol. The van der Waals surface area contributed by atoms with Crippen LogP contribution < -0.4 is 21.5 Å². The van der Waals surface area contributed by atoms with Crippen molar-refractivity contribution in [1.82, 2.24) is 15.7 Å². The van der Waals surface area contributed by atoms with Gasteiger partial charge in [-0.2, -0.15) is 0 Å². The van der Waals surface area contributed by atoms with Gasteiger partial charge in [0, 0.05) is 43.3 Å². The monoisotopic (exact) mass is 397 g/mol. The van der Waals surface area contributed by atoms with Gasteiger partial charge in [0.25, 0.3) is 5.91 Å². The number of nitrogens with two attached hydrogens (primary N) is 1. The normalized spacial score (nSPS) is 20.0. The largest absolute Gasteiger partial charge is 0.381 e. The summed E-state index contributed by atoms with van der Waals surface area (Å²) in [5, 5.41) is 4.82. The van der Waals surface area contributed by atoms with E-state index in [4.69, 9.17) is 15.6 Å². The Morgan fingerprint density at radius 1 is 1.24 bits per heavy atom. The number of ether oxygens (including phenoxy) is 1. The van der Waals surface area contributed by atoms with Crippen molar-refractivity contribution in [3.05, 3.63) is 35.4 Å². The van der Waals surface area contributed by atoms with E-state index in [1.807, 2.05) is 31.2 Å². The first-order chi connectivity index (χ1) is 14.0. The lowest BCUT2D eigenvalue weighted by atomic mass is 9.87. The topological polar surface area (TPSA) is 92.5 Å². The van der Waals surface area contributed by atoms with E-state index in [1.165, 1.54) is 0 Å². The van der Waals surface area contributed by atoms with Crippen LogP contribution in [-0.2, 0) is 4.74 Å². The van der Waals surface area contributed by atoms with Crippen LogP contribution in [0.2, 0.25) is 0 Å². The number of nitrogens with one attached hydrogen (secondary N) is 2. The highest BCUT2D eigenvalue weighted by molar-refractivity contribution is 6.02. The Balaban J connectivity index is 1.55. The number of fused-ring (bicyclic) bond motifs is 1. The highest BCUT2D eigenvalue weighted by Gasteiger charge is 2.34. The minimum absolute atomic E-state index is 0.1000. The highest BCUT2D eigenvalue weighted by Crippen LogP contribution is 2.30. The van der Waals surface area contributed by atoms with Crippen molar-refractivity contribution in [2.75, 3.05) is 31.2 Å². The number of aryl methyl sites for hydroxylation is 1. The number of nitrogen functional groups attached to an aromatic ring is 1. The van der Waals surface area contributed by atoms with E-state index in [-0.39, 0.29) is 11.4 Å². The molecule has 156 valence electrons. The number of pyridine rings is 1. The molecule has 0 bridgehead atoms. The van der Waals surface area contributed by atoms with E-state index in [0.717, 1.165) is 74.3 Å². The fourth-order valence-electron chi connectivity index (χ4n) is 4.46. The van der Waals surface area contributed by atoms with E-state index < -0.39 is 0 Å². The lowest BCUT2D eigenvalue weighted by Crippen LogP contribution is -2.56. The van der Waals surface area contributed by atoms with Gasteiger partial charge >= 0.3 is 0 Å². The zero-order chi connectivity index (χ0) is 20.4. The molecule has 4 rings (SSSR count). The molecule has 2 aromatic rings. The van der Waals surface area contributed by atoms with Gasteiger partial charge in [0.1, 0.15) is 5.82 Å². The summed E-state index contributed by atoms with van der Waals surface area (Å²) in [4.78, 5) is 19.5. The molecule has 1 amide bonds. The van der Waals surface area contributed by atoms with E-state index in [2.05, 4.69) is 22.6 Å². The van der Waals surface area contributed by atoms with E-state index in [1.54, 1.807) is 0 Å². The van der Waals surface area contributed by atoms with Crippen LogP contribution in [0.5, 0.6) is 0 Å². The van der Waals surface area contributed by atoms with E-state index in [0.29, 0.717) is 11.6 Å². The molecule has 0 unspecified atom stereocenters. The first-order valence-electron chi connectivity index (χ1n) is 10.5. The summed E-state index contributed by atoms with van der Waals surface area (Å²) in [6.45, 7) is 7.73. The van der Waals surface area contributed by atoms with Gasteiger partial charge in [-0.1, -0.05) is 11.6 Å². The number of carbonyl (C=O) groups is 1. The predicted octanol–water partition coefficient (Wildman–Crippen LogP) is 2.27. The number of hydrogen-bond acceptors (Lipinski definition) is 6. The SMILES string of the molecule is Cc1ccc2nc(N3CCC(C)(NC4CCOCC4)CC3)c(C(=O)NN)cc2c1. The Morgan fingerprint density at radius 2 is 1.97 bits per heavy atom. The second-order valence-corrected chi connectivity index (χ2v) is 8.61. The summed E-state index contributed by atoms with van der Waals surface area (Å²) in [6.07, 6.45) is 4.15. The molecule has 0 radical (unpaired) electrons. The molecule has 2 aliphatic heterocycles. The molecular weight excluding hydrogens is 366 g/mol. The lowest BCUT2D eigenvalue weighted by Gasteiger charge is -2.43. The molecule has 4 N–H and O–H groups in total. The average molecular weight is 398 g/mol. The van der Waals surface area contributed by atoms with Crippen LogP contribution in [0, 0.1) is 6.92 Å². The van der Waals surface area contributed by atoms with Crippen molar-refractivity contribution in [3.8, 4) is 0 Å². The Kier molecular flexibility index (Phi) is 5.72. The van der Waals surface area contributed by atoms with Crippen LogP contribution in [0.4, 0.5) is 5.82 Å². The number of anilines is 1. The third-order valence-corrected chi connectivity index (χ3v) is 6.27. The molecule has 0 spiro atoms. The van der Waals surface area contributed by atoms with Gasteiger partial charge in [-0.15, -0.1) is 0 Å². The molecule has 7 heteroatoms. The van der Waals surface area contributed by atoms with Crippen LogP contribution in [0.25, 0.3) is 10.9 Å². The van der Waals surface area contributed by atoms with Gasteiger partial charge in [-0.05, 0) is 57.7 Å². The zero-order valence-corrected chi connectivity index (χ0v) is 17.3. The third kappa shape index (κ3) is 4.37. The number of nitrogens with zero attached hydrogens (tertiary/aromatic N) is 2. The number of piperidine rings is 1. The number of hydrogen-bond donors (Lipinski definition) is 3. The maximum Gasteiger partial charge on any atom is 0.268 e. The summed E-state index contributed by atoms with van der Waals surface area (Å²) in [7, 11) is 0. The Bertz CT molecular complexity index is 886. The summed E-state index contributed by atoms with van der Waals surface area (Å²) in [5.74, 6) is 5.88. The molecule has 0 aliphatic carbocycles. The van der Waals surface area contributed by atoms with Crippen molar-refractivity contribution in [1.29, 1.82) is 0 Å². The van der Waals surface area contributed by atoms with Crippen LogP contribution in [0.3, 0.4) is 0 Å². The van der Waals surface area contributed by atoms with Gasteiger partial charge < -0.3 is 15.0 Å². The number of benzene rings is 1. The molecule has 0 saturated carbocycles. The molecule has 3 heterocycles. The number of carbonyl (C=O) groups excluding carboxylic acids is 1. The molecule has 1 aromatic heterocycles. The standard InChI is InChI=1S/C22H31N5O2/c1-15-3-4-19-16(13-15)14-18(21(28)26-23)20(24-19)27-9-7-22(2,8-10-27)25-17-5-11-29-12-6-17/h3-4,13-14,17,25H,5-12,23H2,1-2H3,(H,26,28). The Labute approximate surface area is 172 Å². The average Bonchev–Trinajstić information content (AvgIpc) is 2.73. The van der Waals surface area contributed by atoms with Crippen LogP contribution in [0.15, 0.2) is 24.3 Å². The molecule has 2 aliphatic rings. The summed E-state index contributed by atoms with van der Waals surface area (Å²) in [5.41, 5.74) is 4.95. The fourth-order valence-corrected chi connectivity index (χ4v) is 4.46.